The molecule has 1 fully saturated rings. The van der Waals surface area contributed by atoms with Gasteiger partial charge in [-0.2, -0.15) is 23.5 Å². The van der Waals surface area contributed by atoms with E-state index in [4.69, 9.17) is 0 Å². The fraction of sp³-hybridized carbons (Fsp3) is 0.846. The molecule has 1 aliphatic heterocycles. The third kappa shape index (κ3) is 4.01. The van der Waals surface area contributed by atoms with Gasteiger partial charge in [-0.1, -0.05) is 32.9 Å². The Morgan fingerprint density at radius 1 is 1.44 bits per heavy atom. The van der Waals surface area contributed by atoms with Crippen LogP contribution in [0.3, 0.4) is 0 Å². The highest BCUT2D eigenvalue weighted by Gasteiger charge is 2.30. The molecule has 1 saturated heterocycles. The van der Waals surface area contributed by atoms with Gasteiger partial charge in [0.1, 0.15) is 0 Å². The minimum Gasteiger partial charge on any atom is -0.316 e. The van der Waals surface area contributed by atoms with Crippen molar-refractivity contribution in [3.8, 4) is 0 Å². The summed E-state index contributed by atoms with van der Waals surface area (Å²) in [4.78, 5) is 0. The van der Waals surface area contributed by atoms with Crippen LogP contribution in [0.4, 0.5) is 0 Å². The Morgan fingerprint density at radius 2 is 2.12 bits per heavy atom. The number of thioether (sulfide) groups is 2. The van der Waals surface area contributed by atoms with Crippen LogP contribution in [-0.4, -0.2) is 34.6 Å². The molecule has 0 aromatic rings. The summed E-state index contributed by atoms with van der Waals surface area (Å²) in [7, 11) is 2.08. The van der Waals surface area contributed by atoms with Gasteiger partial charge in [-0.15, -0.1) is 0 Å². The minimum absolute atomic E-state index is 0.597. The van der Waals surface area contributed by atoms with Gasteiger partial charge in [0.15, 0.2) is 0 Å². The molecule has 0 aliphatic carbocycles. The molecule has 1 aliphatic rings. The lowest BCUT2D eigenvalue weighted by Gasteiger charge is -2.36. The van der Waals surface area contributed by atoms with Crippen LogP contribution in [0.25, 0.3) is 0 Å². The number of hydrogen-bond donors (Lipinski definition) is 1. The fourth-order valence-corrected chi connectivity index (χ4v) is 5.06. The Balaban J connectivity index is 2.50. The quantitative estimate of drug-likeness (QED) is 0.758. The van der Waals surface area contributed by atoms with Gasteiger partial charge in [-0.05, 0) is 19.9 Å². The van der Waals surface area contributed by atoms with Crippen LogP contribution in [-0.2, 0) is 0 Å². The number of hydrogen-bond acceptors (Lipinski definition) is 3. The van der Waals surface area contributed by atoms with Crippen LogP contribution in [0, 0.1) is 0 Å². The van der Waals surface area contributed by atoms with Crippen LogP contribution in [0.2, 0.25) is 0 Å². The molecule has 1 rings (SSSR count). The van der Waals surface area contributed by atoms with Crippen LogP contribution in [0.1, 0.15) is 33.6 Å². The van der Waals surface area contributed by atoms with Crippen molar-refractivity contribution >= 4 is 23.5 Å². The average molecular weight is 259 g/mol. The summed E-state index contributed by atoms with van der Waals surface area (Å²) in [6, 6.07) is 0.597. The van der Waals surface area contributed by atoms with E-state index in [-0.39, 0.29) is 0 Å². The van der Waals surface area contributed by atoms with Crippen molar-refractivity contribution in [1.29, 1.82) is 0 Å². The molecule has 4 unspecified atom stereocenters. The first-order chi connectivity index (χ1) is 7.58. The van der Waals surface area contributed by atoms with Crippen molar-refractivity contribution < 1.29 is 0 Å². The summed E-state index contributed by atoms with van der Waals surface area (Å²) < 4.78 is 0. The van der Waals surface area contributed by atoms with Gasteiger partial charge >= 0.3 is 0 Å². The van der Waals surface area contributed by atoms with Gasteiger partial charge in [-0.3, -0.25) is 0 Å². The molecule has 1 nitrogen and oxygen atoms in total. The summed E-state index contributed by atoms with van der Waals surface area (Å²) in [5.41, 5.74) is 1.37. The first-order valence-electron chi connectivity index (χ1n) is 6.19. The fourth-order valence-electron chi connectivity index (χ4n) is 1.89. The van der Waals surface area contributed by atoms with Crippen LogP contribution in [0.15, 0.2) is 12.2 Å². The highest BCUT2D eigenvalue weighted by molar-refractivity contribution is 8.07. The van der Waals surface area contributed by atoms with Crippen molar-refractivity contribution in [2.45, 2.75) is 55.4 Å². The first-order valence-corrected chi connectivity index (χ1v) is 8.18. The van der Waals surface area contributed by atoms with Gasteiger partial charge in [0.2, 0.25) is 0 Å². The van der Waals surface area contributed by atoms with Crippen LogP contribution >= 0.6 is 23.5 Å². The number of nitrogens with one attached hydrogen (secondary N) is 1. The molecule has 4 atom stereocenters. The molecular formula is C13H25NS2. The molecule has 16 heavy (non-hydrogen) atoms. The standard InChI is InChI=1S/C13H25NS2/c1-6-9(2)7-12(14-5)13-8-15-10(3)11(4)16-13/h10-14H,2,6-8H2,1,3-5H3. The largest absolute Gasteiger partial charge is 0.316 e. The Bertz CT molecular complexity index is 230. The highest BCUT2D eigenvalue weighted by Crippen LogP contribution is 2.38. The Labute approximate surface area is 109 Å². The topological polar surface area (TPSA) is 12.0 Å². The zero-order valence-electron chi connectivity index (χ0n) is 11.0. The summed E-state index contributed by atoms with van der Waals surface area (Å²) in [6.07, 6.45) is 2.24. The van der Waals surface area contributed by atoms with Gasteiger partial charge in [0.05, 0.1) is 0 Å². The van der Waals surface area contributed by atoms with E-state index in [0.717, 1.165) is 28.6 Å². The van der Waals surface area contributed by atoms with Crippen molar-refractivity contribution in [1.82, 2.24) is 5.32 Å². The maximum Gasteiger partial charge on any atom is 0.0297 e. The maximum absolute atomic E-state index is 4.13. The van der Waals surface area contributed by atoms with E-state index in [2.05, 4.69) is 63.2 Å². The molecule has 0 radical (unpaired) electrons. The van der Waals surface area contributed by atoms with Crippen molar-refractivity contribution in [2.24, 2.45) is 0 Å². The summed E-state index contributed by atoms with van der Waals surface area (Å²) in [5.74, 6) is 1.28. The van der Waals surface area contributed by atoms with Crippen molar-refractivity contribution in [2.75, 3.05) is 12.8 Å². The number of rotatable bonds is 5. The van der Waals surface area contributed by atoms with Crippen LogP contribution < -0.4 is 5.32 Å². The molecule has 0 aromatic heterocycles. The van der Waals surface area contributed by atoms with E-state index in [9.17, 15) is 0 Å². The van der Waals surface area contributed by atoms with E-state index in [1.54, 1.807) is 0 Å². The first kappa shape index (κ1) is 14.5. The third-order valence-electron chi connectivity index (χ3n) is 3.40. The lowest BCUT2D eigenvalue weighted by molar-refractivity contribution is 0.547. The predicted octanol–water partition coefficient (Wildman–Crippen LogP) is 3.56. The predicted molar refractivity (Wildman–Crippen MR) is 79.7 cm³/mol. The molecule has 94 valence electrons. The van der Waals surface area contributed by atoms with E-state index in [1.165, 1.54) is 11.3 Å². The Morgan fingerprint density at radius 3 is 2.62 bits per heavy atom. The summed E-state index contributed by atoms with van der Waals surface area (Å²) in [6.45, 7) is 11.0. The van der Waals surface area contributed by atoms with E-state index < -0.39 is 0 Å². The second kappa shape index (κ2) is 6.97. The highest BCUT2D eigenvalue weighted by atomic mass is 32.2. The summed E-state index contributed by atoms with van der Waals surface area (Å²) in [5, 5.41) is 5.79. The molecule has 0 amide bonds. The second-order valence-electron chi connectivity index (χ2n) is 4.62. The van der Waals surface area contributed by atoms with Crippen LogP contribution in [0.5, 0.6) is 0 Å². The second-order valence-corrected chi connectivity index (χ2v) is 7.65. The minimum atomic E-state index is 0.597. The van der Waals surface area contributed by atoms with E-state index in [1.807, 2.05) is 0 Å². The smallest absolute Gasteiger partial charge is 0.0297 e. The maximum atomic E-state index is 4.13. The summed E-state index contributed by atoms with van der Waals surface area (Å²) >= 11 is 4.28. The van der Waals surface area contributed by atoms with Gasteiger partial charge in [0.25, 0.3) is 0 Å². The van der Waals surface area contributed by atoms with Gasteiger partial charge < -0.3 is 5.32 Å². The zero-order chi connectivity index (χ0) is 12.1. The van der Waals surface area contributed by atoms with Crippen molar-refractivity contribution in [3.63, 3.8) is 0 Å². The molecule has 1 N–H and O–H groups in total. The molecular weight excluding hydrogens is 234 g/mol. The SMILES string of the molecule is C=C(CC)CC(NC)C1CSC(C)C(C)S1. The van der Waals surface area contributed by atoms with E-state index in [0.29, 0.717) is 6.04 Å². The monoisotopic (exact) mass is 259 g/mol. The zero-order valence-corrected chi connectivity index (χ0v) is 12.6. The van der Waals surface area contributed by atoms with Crippen molar-refractivity contribution in [3.05, 3.63) is 12.2 Å². The molecule has 0 bridgehead atoms. The molecule has 1 heterocycles. The lowest BCUT2D eigenvalue weighted by atomic mass is 10.0. The Hall–Kier alpha value is 0.400. The molecule has 3 heteroatoms. The van der Waals surface area contributed by atoms with E-state index >= 15 is 0 Å². The average Bonchev–Trinajstić information content (AvgIpc) is 2.29. The lowest BCUT2D eigenvalue weighted by Crippen LogP contribution is -2.41. The molecule has 0 aromatic carbocycles. The molecule has 0 saturated carbocycles. The third-order valence-corrected chi connectivity index (χ3v) is 6.95. The molecule has 0 spiro atoms. The van der Waals surface area contributed by atoms with Gasteiger partial charge in [-0.25, -0.2) is 0 Å². The van der Waals surface area contributed by atoms with Gasteiger partial charge in [0, 0.05) is 27.5 Å². The normalized spacial score (nSPS) is 32.4. The Kier molecular flexibility index (Phi) is 6.30.